The molecule has 2 heterocycles. The quantitative estimate of drug-likeness (QED) is 0.639. The van der Waals surface area contributed by atoms with Crippen molar-refractivity contribution in [2.75, 3.05) is 0 Å². The van der Waals surface area contributed by atoms with Crippen LogP contribution in [0.1, 0.15) is 5.56 Å². The number of hydrogen-bond donors (Lipinski definition) is 0. The number of rotatable bonds is 1. The Morgan fingerprint density at radius 2 is 2.00 bits per heavy atom. The van der Waals surface area contributed by atoms with Crippen LogP contribution in [-0.4, -0.2) is 18.7 Å². The molecule has 0 unspecified atom stereocenters. The third-order valence-electron chi connectivity index (χ3n) is 2.49. The first-order valence-corrected chi connectivity index (χ1v) is 4.76. The molecule has 17 heavy (non-hydrogen) atoms. The minimum absolute atomic E-state index is 0.0902. The van der Waals surface area contributed by atoms with Crippen LogP contribution in [0.25, 0.3) is 5.82 Å². The molecular weight excluding hydrogens is 222 g/mol. The first-order chi connectivity index (χ1) is 8.07. The minimum Gasteiger partial charge on any atom is -0.291 e. The summed E-state index contributed by atoms with van der Waals surface area (Å²) in [5.74, 6) is 0.220. The molecule has 0 amide bonds. The summed E-state index contributed by atoms with van der Waals surface area (Å²) in [7, 11) is 2.83. The molecule has 2 rings (SSSR count). The van der Waals surface area contributed by atoms with Crippen molar-refractivity contribution in [2.45, 2.75) is 0 Å². The van der Waals surface area contributed by atoms with Gasteiger partial charge in [0.05, 0.1) is 0 Å². The lowest BCUT2D eigenvalue weighted by atomic mass is 10.3. The highest BCUT2D eigenvalue weighted by Crippen LogP contribution is 2.06. The van der Waals surface area contributed by atoms with E-state index in [9.17, 15) is 9.59 Å². The summed E-state index contributed by atoms with van der Waals surface area (Å²) in [4.78, 5) is 27.4. The lowest BCUT2D eigenvalue weighted by Crippen LogP contribution is -2.40. The number of nitrogens with zero attached hydrogens (tertiary/aromatic N) is 5. The van der Waals surface area contributed by atoms with Crippen molar-refractivity contribution in [2.24, 2.45) is 14.1 Å². The van der Waals surface area contributed by atoms with Gasteiger partial charge in [0.25, 0.3) is 5.56 Å². The maximum absolute atomic E-state index is 11.8. The number of hydrogen-bond acceptors (Lipinski definition) is 4. The van der Waals surface area contributed by atoms with Crippen molar-refractivity contribution in [3.8, 4) is 11.9 Å². The van der Waals surface area contributed by atoms with Gasteiger partial charge in [-0.2, -0.15) is 5.26 Å². The highest BCUT2D eigenvalue weighted by molar-refractivity contribution is 5.42. The Labute approximate surface area is 95.8 Å². The van der Waals surface area contributed by atoms with Gasteiger partial charge in [-0.1, -0.05) is 0 Å². The van der Waals surface area contributed by atoms with Crippen molar-refractivity contribution in [3.05, 3.63) is 45.1 Å². The zero-order chi connectivity index (χ0) is 12.6. The van der Waals surface area contributed by atoms with Gasteiger partial charge < -0.3 is 0 Å². The smallest absolute Gasteiger partial charge is 0.291 e. The van der Waals surface area contributed by atoms with Crippen LogP contribution in [-0.2, 0) is 14.1 Å². The van der Waals surface area contributed by atoms with Gasteiger partial charge >= 0.3 is 5.69 Å². The van der Waals surface area contributed by atoms with Crippen LogP contribution in [0.3, 0.4) is 0 Å². The van der Waals surface area contributed by atoms with Gasteiger partial charge in [0, 0.05) is 26.5 Å². The fourth-order valence-electron chi connectivity index (χ4n) is 1.62. The van der Waals surface area contributed by atoms with Crippen LogP contribution in [0.2, 0.25) is 0 Å². The molecule has 0 spiro atoms. The molecular formula is C10H9N5O2. The molecule has 0 aliphatic heterocycles. The Morgan fingerprint density at radius 1 is 1.29 bits per heavy atom. The highest BCUT2D eigenvalue weighted by atomic mass is 16.2. The van der Waals surface area contributed by atoms with E-state index in [2.05, 4.69) is 4.98 Å². The molecule has 7 heteroatoms. The van der Waals surface area contributed by atoms with Crippen molar-refractivity contribution in [1.82, 2.24) is 18.7 Å². The van der Waals surface area contributed by atoms with Crippen molar-refractivity contribution in [3.63, 3.8) is 0 Å². The number of aromatic nitrogens is 4. The lowest BCUT2D eigenvalue weighted by Gasteiger charge is -2.11. The van der Waals surface area contributed by atoms with Crippen LogP contribution >= 0.6 is 0 Å². The molecule has 0 radical (unpaired) electrons. The van der Waals surface area contributed by atoms with Crippen LogP contribution in [0, 0.1) is 11.3 Å². The van der Waals surface area contributed by atoms with E-state index in [1.165, 1.54) is 35.8 Å². The molecule has 0 atom stereocenters. The first kappa shape index (κ1) is 10.9. The Kier molecular flexibility index (Phi) is 2.40. The van der Waals surface area contributed by atoms with E-state index < -0.39 is 11.2 Å². The molecule has 7 nitrogen and oxygen atoms in total. The Bertz CT molecular complexity index is 715. The zero-order valence-corrected chi connectivity index (χ0v) is 9.28. The van der Waals surface area contributed by atoms with Gasteiger partial charge in [0.1, 0.15) is 18.2 Å². The third-order valence-corrected chi connectivity index (χ3v) is 2.49. The van der Waals surface area contributed by atoms with Crippen LogP contribution < -0.4 is 11.2 Å². The maximum Gasteiger partial charge on any atom is 0.332 e. The largest absolute Gasteiger partial charge is 0.332 e. The second-order valence-corrected chi connectivity index (χ2v) is 3.49. The molecule has 0 N–H and O–H groups in total. The summed E-state index contributed by atoms with van der Waals surface area (Å²) < 4.78 is 3.60. The minimum atomic E-state index is -0.612. The topological polar surface area (TPSA) is 85.6 Å². The van der Waals surface area contributed by atoms with E-state index in [4.69, 9.17) is 5.26 Å². The third kappa shape index (κ3) is 1.47. The van der Waals surface area contributed by atoms with E-state index in [1.54, 1.807) is 6.20 Å². The second kappa shape index (κ2) is 3.75. The SMILES string of the molecule is Cn1c(-n2ccnc2)c(C#N)c(=O)n(C)c1=O. The number of nitriles is 1. The highest BCUT2D eigenvalue weighted by Gasteiger charge is 2.16. The van der Waals surface area contributed by atoms with E-state index >= 15 is 0 Å². The summed E-state index contributed by atoms with van der Waals surface area (Å²) in [5, 5.41) is 9.03. The summed E-state index contributed by atoms with van der Waals surface area (Å²) >= 11 is 0. The Balaban J connectivity index is 2.99. The molecule has 0 fully saturated rings. The van der Waals surface area contributed by atoms with Gasteiger partial charge in [0.2, 0.25) is 0 Å². The van der Waals surface area contributed by atoms with Crippen molar-refractivity contribution in [1.29, 1.82) is 5.26 Å². The zero-order valence-electron chi connectivity index (χ0n) is 9.28. The van der Waals surface area contributed by atoms with Crippen molar-refractivity contribution >= 4 is 0 Å². The van der Waals surface area contributed by atoms with E-state index in [1.807, 2.05) is 6.07 Å². The van der Waals surface area contributed by atoms with E-state index in [0.717, 1.165) is 4.57 Å². The number of imidazole rings is 1. The van der Waals surface area contributed by atoms with Gasteiger partial charge in [-0.3, -0.25) is 18.5 Å². The predicted octanol–water partition coefficient (Wildman–Crippen LogP) is -0.859. The van der Waals surface area contributed by atoms with Crippen LogP contribution in [0.15, 0.2) is 28.3 Å². The predicted molar refractivity (Wildman–Crippen MR) is 58.8 cm³/mol. The summed E-state index contributed by atoms with van der Waals surface area (Å²) in [6, 6.07) is 1.82. The van der Waals surface area contributed by atoms with Gasteiger partial charge in [0.15, 0.2) is 5.56 Å². The molecule has 0 aromatic carbocycles. The molecule has 2 aromatic rings. The standard InChI is InChI=1S/C10H9N5O2/c1-13-8(15-4-3-12-6-15)7(5-11)9(16)14(2)10(13)17/h3-4,6H,1-2H3. The molecule has 0 saturated carbocycles. The molecule has 0 bridgehead atoms. The van der Waals surface area contributed by atoms with E-state index in [-0.39, 0.29) is 11.4 Å². The lowest BCUT2D eigenvalue weighted by molar-refractivity contribution is 0.660. The van der Waals surface area contributed by atoms with Crippen LogP contribution in [0.5, 0.6) is 0 Å². The molecule has 0 aliphatic rings. The average molecular weight is 231 g/mol. The van der Waals surface area contributed by atoms with Gasteiger partial charge in [-0.25, -0.2) is 9.78 Å². The fraction of sp³-hybridized carbons (Fsp3) is 0.200. The molecule has 0 saturated heterocycles. The maximum atomic E-state index is 11.8. The average Bonchev–Trinajstić information content (AvgIpc) is 2.84. The normalized spacial score (nSPS) is 10.2. The van der Waals surface area contributed by atoms with Crippen molar-refractivity contribution < 1.29 is 0 Å². The summed E-state index contributed by atoms with van der Waals surface area (Å²) in [6.07, 6.45) is 4.49. The summed E-state index contributed by atoms with van der Waals surface area (Å²) in [5.41, 5.74) is -1.19. The first-order valence-electron chi connectivity index (χ1n) is 4.76. The van der Waals surface area contributed by atoms with E-state index in [0.29, 0.717) is 0 Å². The van der Waals surface area contributed by atoms with Gasteiger partial charge in [-0.15, -0.1) is 0 Å². The molecule has 2 aromatic heterocycles. The molecule has 0 aliphatic carbocycles. The monoisotopic (exact) mass is 231 g/mol. The van der Waals surface area contributed by atoms with Gasteiger partial charge in [-0.05, 0) is 0 Å². The second-order valence-electron chi connectivity index (χ2n) is 3.49. The summed E-state index contributed by atoms with van der Waals surface area (Å²) in [6.45, 7) is 0. The Morgan fingerprint density at radius 3 is 2.53 bits per heavy atom. The molecule has 86 valence electrons. The van der Waals surface area contributed by atoms with Crippen LogP contribution in [0.4, 0.5) is 0 Å². The fourth-order valence-corrected chi connectivity index (χ4v) is 1.62. The Hall–Kier alpha value is -2.62.